The van der Waals surface area contributed by atoms with Crippen LogP contribution in [0.3, 0.4) is 0 Å². The van der Waals surface area contributed by atoms with Gasteiger partial charge in [0.2, 0.25) is 0 Å². The molecule has 2 rings (SSSR count). The summed E-state index contributed by atoms with van der Waals surface area (Å²) in [5, 5.41) is 13.1. The average Bonchev–Trinajstić information content (AvgIpc) is 2.86. The molecule has 2 aromatic rings. The number of amides is 1. The molecular weight excluding hydrogens is 350 g/mol. The Morgan fingerprint density at radius 3 is 2.50 bits per heavy atom. The summed E-state index contributed by atoms with van der Waals surface area (Å²) >= 11 is 3.37. The van der Waals surface area contributed by atoms with E-state index in [-0.39, 0.29) is 12.5 Å². The largest absolute Gasteiger partial charge is 0.480 e. The van der Waals surface area contributed by atoms with Gasteiger partial charge in [0.25, 0.3) is 5.91 Å². The maximum Gasteiger partial charge on any atom is 0.323 e. The highest BCUT2D eigenvalue weighted by Crippen LogP contribution is 2.18. The van der Waals surface area contributed by atoms with Gasteiger partial charge in [-0.1, -0.05) is 15.9 Å². The molecule has 0 saturated carbocycles. The van der Waals surface area contributed by atoms with Crippen LogP contribution >= 0.6 is 15.9 Å². The van der Waals surface area contributed by atoms with E-state index in [1.165, 1.54) is 11.1 Å². The third kappa shape index (κ3) is 3.36. The van der Waals surface area contributed by atoms with Crippen LogP contribution in [0.5, 0.6) is 0 Å². The molecular formula is C15H16BrN3O3. The van der Waals surface area contributed by atoms with E-state index >= 15 is 0 Å². The molecule has 7 heteroatoms. The number of carbonyl (C=O) groups excluding carboxylic acids is 1. The molecule has 1 amide bonds. The first kappa shape index (κ1) is 16.2. The van der Waals surface area contributed by atoms with Gasteiger partial charge in [-0.05, 0) is 38.1 Å². The Hall–Kier alpha value is -2.15. The summed E-state index contributed by atoms with van der Waals surface area (Å²) in [7, 11) is 0. The number of carboxylic acid groups (broad SMARTS) is 1. The van der Waals surface area contributed by atoms with Gasteiger partial charge in [0.05, 0.1) is 23.1 Å². The molecule has 1 aromatic carbocycles. The minimum Gasteiger partial charge on any atom is -0.480 e. The quantitative estimate of drug-likeness (QED) is 0.882. The second-order valence-electron chi connectivity index (χ2n) is 4.74. The van der Waals surface area contributed by atoms with Gasteiger partial charge in [0.1, 0.15) is 6.54 Å². The van der Waals surface area contributed by atoms with E-state index in [0.29, 0.717) is 17.8 Å². The van der Waals surface area contributed by atoms with Gasteiger partial charge in [0, 0.05) is 11.0 Å². The molecule has 6 nitrogen and oxygen atoms in total. The fourth-order valence-corrected chi connectivity index (χ4v) is 2.39. The van der Waals surface area contributed by atoms with E-state index in [4.69, 9.17) is 5.11 Å². The van der Waals surface area contributed by atoms with Crippen molar-refractivity contribution >= 4 is 27.8 Å². The fourth-order valence-electron chi connectivity index (χ4n) is 2.12. The molecule has 0 saturated heterocycles. The second-order valence-corrected chi connectivity index (χ2v) is 5.66. The number of halogens is 1. The molecule has 22 heavy (non-hydrogen) atoms. The number of hydrogen-bond donors (Lipinski definition) is 1. The number of hydrogen-bond acceptors (Lipinski definition) is 3. The lowest BCUT2D eigenvalue weighted by Gasteiger charge is -2.18. The predicted octanol–water partition coefficient (Wildman–Crippen LogP) is 2.49. The van der Waals surface area contributed by atoms with E-state index < -0.39 is 5.97 Å². The molecule has 1 heterocycles. The number of carbonyl (C=O) groups is 2. The summed E-state index contributed by atoms with van der Waals surface area (Å²) in [5.41, 5.74) is 1.92. The lowest BCUT2D eigenvalue weighted by molar-refractivity contribution is -0.137. The van der Waals surface area contributed by atoms with Crippen LogP contribution in [0.2, 0.25) is 0 Å². The molecule has 0 aliphatic rings. The highest BCUT2D eigenvalue weighted by Gasteiger charge is 2.21. The number of likely N-dealkylation sites (N-methyl/N-ethyl adjacent to an activating group) is 1. The maximum absolute atomic E-state index is 12.4. The zero-order valence-corrected chi connectivity index (χ0v) is 13.9. The Morgan fingerprint density at radius 2 is 1.95 bits per heavy atom. The summed E-state index contributed by atoms with van der Waals surface area (Å²) < 4.78 is 2.62. The van der Waals surface area contributed by atoms with Gasteiger partial charge >= 0.3 is 5.97 Å². The number of aliphatic carboxylic acids is 1. The smallest absolute Gasteiger partial charge is 0.323 e. The maximum atomic E-state index is 12.4. The molecule has 1 aromatic heterocycles. The van der Waals surface area contributed by atoms with Crippen LogP contribution in [0.15, 0.2) is 34.9 Å². The Balaban J connectivity index is 2.32. The van der Waals surface area contributed by atoms with Crippen molar-refractivity contribution in [1.29, 1.82) is 0 Å². The zero-order valence-electron chi connectivity index (χ0n) is 12.3. The minimum absolute atomic E-state index is 0.321. The van der Waals surface area contributed by atoms with Crippen LogP contribution in [-0.2, 0) is 4.79 Å². The molecule has 0 aliphatic carbocycles. The van der Waals surface area contributed by atoms with Gasteiger partial charge in [-0.2, -0.15) is 5.10 Å². The normalized spacial score (nSPS) is 10.5. The van der Waals surface area contributed by atoms with E-state index in [9.17, 15) is 9.59 Å². The molecule has 0 bridgehead atoms. The van der Waals surface area contributed by atoms with Crippen LogP contribution < -0.4 is 0 Å². The SMILES string of the molecule is CCN(CC(=O)O)C(=O)c1cnn(-c2ccc(Br)cc2)c1C. The van der Waals surface area contributed by atoms with Gasteiger partial charge in [-0.3, -0.25) is 9.59 Å². The second kappa shape index (κ2) is 6.74. The van der Waals surface area contributed by atoms with Gasteiger partial charge in [-0.15, -0.1) is 0 Å². The highest BCUT2D eigenvalue weighted by molar-refractivity contribution is 9.10. The number of carboxylic acids is 1. The lowest BCUT2D eigenvalue weighted by Crippen LogP contribution is -2.35. The van der Waals surface area contributed by atoms with Crippen molar-refractivity contribution in [2.24, 2.45) is 0 Å². The molecule has 1 N–H and O–H groups in total. The van der Waals surface area contributed by atoms with Gasteiger partial charge in [0.15, 0.2) is 0 Å². The topological polar surface area (TPSA) is 75.4 Å². The van der Waals surface area contributed by atoms with Gasteiger partial charge < -0.3 is 10.0 Å². The van der Waals surface area contributed by atoms with Crippen LogP contribution in [0.4, 0.5) is 0 Å². The van der Waals surface area contributed by atoms with E-state index in [2.05, 4.69) is 21.0 Å². The van der Waals surface area contributed by atoms with Crippen LogP contribution in [0, 0.1) is 6.92 Å². The number of nitrogens with zero attached hydrogens (tertiary/aromatic N) is 3. The van der Waals surface area contributed by atoms with E-state index in [0.717, 1.165) is 10.2 Å². The van der Waals surface area contributed by atoms with Crippen LogP contribution in [0.25, 0.3) is 5.69 Å². The third-order valence-electron chi connectivity index (χ3n) is 3.31. The summed E-state index contributed by atoms with van der Waals surface area (Å²) in [4.78, 5) is 24.5. The minimum atomic E-state index is -1.03. The predicted molar refractivity (Wildman–Crippen MR) is 85.2 cm³/mol. The Kier molecular flexibility index (Phi) is 4.97. The van der Waals surface area contributed by atoms with Crippen molar-refractivity contribution in [2.75, 3.05) is 13.1 Å². The van der Waals surface area contributed by atoms with Gasteiger partial charge in [-0.25, -0.2) is 4.68 Å². The van der Waals surface area contributed by atoms with Crippen molar-refractivity contribution in [3.05, 3.63) is 46.2 Å². The summed E-state index contributed by atoms with van der Waals surface area (Å²) in [6.45, 7) is 3.54. The first-order valence-electron chi connectivity index (χ1n) is 6.75. The molecule has 0 radical (unpaired) electrons. The molecule has 0 spiro atoms. The first-order chi connectivity index (χ1) is 10.4. The van der Waals surface area contributed by atoms with Crippen molar-refractivity contribution in [3.63, 3.8) is 0 Å². The summed E-state index contributed by atoms with van der Waals surface area (Å²) in [6, 6.07) is 7.54. The molecule has 0 aliphatic heterocycles. The van der Waals surface area contributed by atoms with Crippen LogP contribution in [0.1, 0.15) is 23.0 Å². The number of aromatic nitrogens is 2. The average molecular weight is 366 g/mol. The van der Waals surface area contributed by atoms with Crippen molar-refractivity contribution < 1.29 is 14.7 Å². The highest BCUT2D eigenvalue weighted by atomic mass is 79.9. The zero-order chi connectivity index (χ0) is 16.3. The molecule has 116 valence electrons. The Labute approximate surface area is 136 Å². The van der Waals surface area contributed by atoms with E-state index in [1.54, 1.807) is 18.5 Å². The summed E-state index contributed by atoms with van der Waals surface area (Å²) in [6.07, 6.45) is 1.48. The van der Waals surface area contributed by atoms with Crippen molar-refractivity contribution in [1.82, 2.24) is 14.7 Å². The fraction of sp³-hybridized carbons (Fsp3) is 0.267. The monoisotopic (exact) mass is 365 g/mol. The van der Waals surface area contributed by atoms with Crippen LogP contribution in [-0.4, -0.2) is 44.8 Å². The van der Waals surface area contributed by atoms with E-state index in [1.807, 2.05) is 24.3 Å². The molecule has 0 unspecified atom stereocenters. The number of benzene rings is 1. The first-order valence-corrected chi connectivity index (χ1v) is 7.55. The molecule has 0 atom stereocenters. The summed E-state index contributed by atoms with van der Waals surface area (Å²) in [5.74, 6) is -1.36. The Morgan fingerprint density at radius 1 is 1.32 bits per heavy atom. The third-order valence-corrected chi connectivity index (χ3v) is 3.84. The molecule has 0 fully saturated rings. The van der Waals surface area contributed by atoms with Crippen molar-refractivity contribution in [3.8, 4) is 5.69 Å². The Bertz CT molecular complexity index is 695. The number of rotatable bonds is 5. The van der Waals surface area contributed by atoms with Crippen molar-refractivity contribution in [2.45, 2.75) is 13.8 Å². The lowest BCUT2D eigenvalue weighted by atomic mass is 10.2. The standard InChI is InChI=1S/C15H16BrN3O3/c1-3-18(9-14(20)21)15(22)13-8-17-19(10(13)2)12-6-4-11(16)5-7-12/h4-8H,3,9H2,1-2H3,(H,20,21).